The third kappa shape index (κ3) is 2.88. The lowest BCUT2D eigenvalue weighted by atomic mass is 10.1. The summed E-state index contributed by atoms with van der Waals surface area (Å²) in [6, 6.07) is 13.1. The molecule has 0 spiro atoms. The van der Waals surface area contributed by atoms with Gasteiger partial charge in [-0.05, 0) is 42.5 Å². The van der Waals surface area contributed by atoms with Crippen LogP contribution in [0.2, 0.25) is 0 Å². The van der Waals surface area contributed by atoms with E-state index in [1.165, 1.54) is 4.31 Å². The number of fused-ring (bicyclic) bond motifs is 1. The fraction of sp³-hybridized carbons (Fsp3) is 0.263. The maximum atomic E-state index is 12.3. The topological polar surface area (TPSA) is 83.1 Å². The lowest BCUT2D eigenvalue weighted by Crippen LogP contribution is -2.28. The van der Waals surface area contributed by atoms with Gasteiger partial charge in [-0.3, -0.25) is 9.10 Å². The molecule has 3 aromatic rings. The zero-order valence-corrected chi connectivity index (χ0v) is 15.2. The second-order valence-corrected chi connectivity index (χ2v) is 8.90. The van der Waals surface area contributed by atoms with Crippen molar-refractivity contribution in [3.63, 3.8) is 0 Å². The van der Waals surface area contributed by atoms with Crippen molar-refractivity contribution in [3.05, 3.63) is 70.1 Å². The van der Waals surface area contributed by atoms with Gasteiger partial charge >= 0.3 is 0 Å². The average Bonchev–Trinajstić information content (AvgIpc) is 2.89. The molecular weight excluding hydrogens is 350 g/mol. The minimum Gasteiger partial charge on any atom is -0.322 e. The van der Waals surface area contributed by atoms with Crippen molar-refractivity contribution in [2.75, 3.05) is 10.8 Å². The summed E-state index contributed by atoms with van der Waals surface area (Å²) in [5.41, 5.74) is 2.20. The van der Waals surface area contributed by atoms with Gasteiger partial charge in [0.2, 0.25) is 10.0 Å². The van der Waals surface area contributed by atoms with Crippen molar-refractivity contribution in [1.82, 2.24) is 9.97 Å². The Bertz CT molecular complexity index is 1120. The Labute approximate surface area is 151 Å². The van der Waals surface area contributed by atoms with Crippen molar-refractivity contribution in [2.45, 2.75) is 25.0 Å². The molecule has 7 heteroatoms. The first-order valence-corrected chi connectivity index (χ1v) is 10.0. The van der Waals surface area contributed by atoms with E-state index in [4.69, 9.17) is 0 Å². The molecule has 1 saturated heterocycles. The summed E-state index contributed by atoms with van der Waals surface area (Å²) in [6.07, 6.45) is 2.69. The average molecular weight is 369 g/mol. The zero-order chi connectivity index (χ0) is 18.3. The first-order valence-electron chi connectivity index (χ1n) is 8.52. The second kappa shape index (κ2) is 6.25. The van der Waals surface area contributed by atoms with E-state index >= 15 is 0 Å². The van der Waals surface area contributed by atoms with Crippen LogP contribution < -0.4 is 9.86 Å². The molecule has 1 aromatic carbocycles. The fourth-order valence-electron chi connectivity index (χ4n) is 3.25. The number of aromatic nitrogens is 2. The number of nitrogens with one attached hydrogen (secondary N) is 1. The molecule has 1 N–H and O–H groups in total. The summed E-state index contributed by atoms with van der Waals surface area (Å²) in [5, 5.41) is 0.601. The summed E-state index contributed by atoms with van der Waals surface area (Å²) < 4.78 is 25.9. The standard InChI is InChI=1S/C19H19N3O3S/c1-13-8-9-22(26(13,24)25)18-7-6-14(12-20-18)10-16-11-15-4-2-3-5-17(15)21-19(16)23/h2-7,11-13H,8-10H2,1H3,(H,21,23)/t13-/m0/s1. The molecular formula is C19H19N3O3S. The van der Waals surface area contributed by atoms with Crippen LogP contribution >= 0.6 is 0 Å². The lowest BCUT2D eigenvalue weighted by Gasteiger charge is -2.17. The van der Waals surface area contributed by atoms with Gasteiger partial charge in [0.25, 0.3) is 5.56 Å². The van der Waals surface area contributed by atoms with Gasteiger partial charge in [-0.25, -0.2) is 13.4 Å². The van der Waals surface area contributed by atoms with Crippen LogP contribution in [0.15, 0.2) is 53.5 Å². The highest BCUT2D eigenvalue weighted by Crippen LogP contribution is 2.27. The number of benzene rings is 1. The van der Waals surface area contributed by atoms with Crippen molar-refractivity contribution in [2.24, 2.45) is 0 Å². The summed E-state index contributed by atoms with van der Waals surface area (Å²) in [4.78, 5) is 19.5. The Morgan fingerprint density at radius 1 is 1.23 bits per heavy atom. The number of anilines is 1. The van der Waals surface area contributed by atoms with Gasteiger partial charge in [-0.15, -0.1) is 0 Å². The third-order valence-corrected chi connectivity index (χ3v) is 7.08. The van der Waals surface area contributed by atoms with Crippen LogP contribution in [-0.4, -0.2) is 30.2 Å². The lowest BCUT2D eigenvalue weighted by molar-refractivity contribution is 0.591. The highest BCUT2D eigenvalue weighted by atomic mass is 32.2. The van der Waals surface area contributed by atoms with E-state index in [0.717, 1.165) is 16.5 Å². The van der Waals surface area contributed by atoms with Crippen molar-refractivity contribution in [1.29, 1.82) is 0 Å². The molecule has 3 heterocycles. The van der Waals surface area contributed by atoms with E-state index in [2.05, 4.69) is 9.97 Å². The first-order chi connectivity index (χ1) is 12.4. The maximum absolute atomic E-state index is 12.3. The van der Waals surface area contributed by atoms with Gasteiger partial charge in [0.15, 0.2) is 0 Å². The molecule has 1 fully saturated rings. The number of rotatable bonds is 3. The van der Waals surface area contributed by atoms with Gasteiger partial charge < -0.3 is 4.98 Å². The summed E-state index contributed by atoms with van der Waals surface area (Å²) in [6.45, 7) is 2.18. The molecule has 1 aliphatic rings. The van der Waals surface area contributed by atoms with Crippen LogP contribution in [0, 0.1) is 0 Å². The quantitative estimate of drug-likeness (QED) is 0.769. The van der Waals surface area contributed by atoms with Crippen molar-refractivity contribution in [3.8, 4) is 0 Å². The molecule has 2 aromatic heterocycles. The monoisotopic (exact) mass is 369 g/mol. The largest absolute Gasteiger partial charge is 0.322 e. The predicted molar refractivity (Wildman–Crippen MR) is 102 cm³/mol. The smallest absolute Gasteiger partial charge is 0.251 e. The third-order valence-electron chi connectivity index (χ3n) is 4.84. The van der Waals surface area contributed by atoms with Gasteiger partial charge in [0, 0.05) is 30.2 Å². The Balaban J connectivity index is 1.61. The number of hydrogen-bond acceptors (Lipinski definition) is 4. The highest BCUT2D eigenvalue weighted by Gasteiger charge is 2.36. The van der Waals surface area contributed by atoms with Gasteiger partial charge in [-0.1, -0.05) is 24.3 Å². The Morgan fingerprint density at radius 3 is 2.73 bits per heavy atom. The molecule has 0 bridgehead atoms. The number of para-hydroxylation sites is 1. The number of nitrogens with zero attached hydrogens (tertiary/aromatic N) is 2. The van der Waals surface area contributed by atoms with Crippen LogP contribution in [0.1, 0.15) is 24.5 Å². The maximum Gasteiger partial charge on any atom is 0.251 e. The van der Waals surface area contributed by atoms with Crippen molar-refractivity contribution >= 4 is 26.7 Å². The van der Waals surface area contributed by atoms with E-state index in [0.29, 0.717) is 30.8 Å². The van der Waals surface area contributed by atoms with E-state index < -0.39 is 10.0 Å². The fourth-order valence-corrected chi connectivity index (χ4v) is 4.82. The van der Waals surface area contributed by atoms with Gasteiger partial charge in [-0.2, -0.15) is 0 Å². The van der Waals surface area contributed by atoms with E-state index in [1.54, 1.807) is 19.2 Å². The van der Waals surface area contributed by atoms with E-state index in [1.807, 2.05) is 36.4 Å². The van der Waals surface area contributed by atoms with Crippen LogP contribution in [0.5, 0.6) is 0 Å². The summed E-state index contributed by atoms with van der Waals surface area (Å²) in [7, 11) is -3.31. The summed E-state index contributed by atoms with van der Waals surface area (Å²) in [5.74, 6) is 0.436. The second-order valence-electron chi connectivity index (χ2n) is 6.63. The van der Waals surface area contributed by atoms with Gasteiger partial charge in [0.05, 0.1) is 5.25 Å². The molecule has 0 saturated carbocycles. The number of H-pyrrole nitrogens is 1. The normalized spacial score (nSPS) is 19.1. The molecule has 1 atom stereocenters. The number of aromatic amines is 1. The molecule has 26 heavy (non-hydrogen) atoms. The van der Waals surface area contributed by atoms with E-state index in [9.17, 15) is 13.2 Å². The molecule has 6 nitrogen and oxygen atoms in total. The molecule has 0 unspecified atom stereocenters. The molecule has 134 valence electrons. The minimum atomic E-state index is -3.31. The SMILES string of the molecule is C[C@H]1CCN(c2ccc(Cc3cc4ccccc4[nH]c3=O)cn2)S1(=O)=O. The number of hydrogen-bond donors (Lipinski definition) is 1. The zero-order valence-electron chi connectivity index (χ0n) is 14.3. The Kier molecular flexibility index (Phi) is 4.03. The summed E-state index contributed by atoms with van der Waals surface area (Å²) >= 11 is 0. The molecule has 0 aliphatic carbocycles. The minimum absolute atomic E-state index is 0.122. The highest BCUT2D eigenvalue weighted by molar-refractivity contribution is 7.93. The first kappa shape index (κ1) is 16.8. The molecule has 0 radical (unpaired) electrons. The molecule has 4 rings (SSSR count). The number of sulfonamides is 1. The van der Waals surface area contributed by atoms with Crippen LogP contribution in [0.3, 0.4) is 0 Å². The van der Waals surface area contributed by atoms with Gasteiger partial charge in [0.1, 0.15) is 5.82 Å². The predicted octanol–water partition coefficient (Wildman–Crippen LogP) is 2.44. The van der Waals surface area contributed by atoms with Crippen LogP contribution in [0.25, 0.3) is 10.9 Å². The Hall–Kier alpha value is -2.67. The Morgan fingerprint density at radius 2 is 2.04 bits per heavy atom. The van der Waals surface area contributed by atoms with Crippen LogP contribution in [0.4, 0.5) is 5.82 Å². The van der Waals surface area contributed by atoms with Crippen LogP contribution in [-0.2, 0) is 16.4 Å². The molecule has 0 amide bonds. The molecule has 1 aliphatic heterocycles. The van der Waals surface area contributed by atoms with E-state index in [-0.39, 0.29) is 10.8 Å². The van der Waals surface area contributed by atoms with Crippen molar-refractivity contribution < 1.29 is 8.42 Å². The number of pyridine rings is 2.